The van der Waals surface area contributed by atoms with Crippen molar-refractivity contribution in [3.05, 3.63) is 66.2 Å². The fourth-order valence-electron chi connectivity index (χ4n) is 5.24. The van der Waals surface area contributed by atoms with Crippen molar-refractivity contribution in [1.29, 1.82) is 0 Å². The van der Waals surface area contributed by atoms with E-state index in [2.05, 4.69) is 55.3 Å². The summed E-state index contributed by atoms with van der Waals surface area (Å²) in [5.74, 6) is 2.11. The van der Waals surface area contributed by atoms with Crippen LogP contribution in [-0.4, -0.2) is 57.1 Å². The number of hydrogen-bond donors (Lipinski definition) is 0. The van der Waals surface area contributed by atoms with E-state index in [1.165, 1.54) is 57.4 Å². The zero-order valence-corrected chi connectivity index (χ0v) is 18.8. The van der Waals surface area contributed by atoms with Gasteiger partial charge in [0.2, 0.25) is 0 Å². The molecule has 0 saturated carbocycles. The molecule has 32 heavy (non-hydrogen) atoms. The Morgan fingerprint density at radius 3 is 2.66 bits per heavy atom. The van der Waals surface area contributed by atoms with E-state index in [4.69, 9.17) is 4.52 Å². The molecule has 4 heterocycles. The summed E-state index contributed by atoms with van der Waals surface area (Å²) >= 11 is 0. The van der Waals surface area contributed by atoms with E-state index in [0.29, 0.717) is 5.89 Å². The number of likely N-dealkylation sites (tertiary alicyclic amines) is 2. The number of benzene rings is 1. The molecular weight excluding hydrogens is 398 g/mol. The number of piperidine rings is 2. The zero-order valence-electron chi connectivity index (χ0n) is 18.8. The molecule has 2 fully saturated rings. The first-order chi connectivity index (χ1) is 15.8. The maximum Gasteiger partial charge on any atom is 0.259 e. The lowest BCUT2D eigenvalue weighted by Crippen LogP contribution is -2.48. The molecule has 1 aromatic carbocycles. The largest absolute Gasteiger partial charge is 0.334 e. The highest BCUT2D eigenvalue weighted by Crippen LogP contribution is 2.27. The third-order valence-electron chi connectivity index (χ3n) is 7.03. The average Bonchev–Trinajstić information content (AvgIpc) is 3.34. The van der Waals surface area contributed by atoms with Crippen LogP contribution in [0.4, 0.5) is 0 Å². The van der Waals surface area contributed by atoms with Gasteiger partial charge in [-0.15, -0.1) is 0 Å². The molecule has 0 bridgehead atoms. The molecule has 3 aromatic rings. The molecular formula is C26H33N5O. The van der Waals surface area contributed by atoms with Crippen LogP contribution in [-0.2, 0) is 13.0 Å². The second kappa shape index (κ2) is 10.4. The average molecular weight is 432 g/mol. The summed E-state index contributed by atoms with van der Waals surface area (Å²) in [7, 11) is 0. The first-order valence-electron chi connectivity index (χ1n) is 12.1. The summed E-state index contributed by atoms with van der Waals surface area (Å²) in [6.45, 7) is 5.98. The van der Waals surface area contributed by atoms with Crippen molar-refractivity contribution in [1.82, 2.24) is 24.9 Å². The Morgan fingerprint density at radius 1 is 0.969 bits per heavy atom. The van der Waals surface area contributed by atoms with Crippen LogP contribution in [0.2, 0.25) is 0 Å². The summed E-state index contributed by atoms with van der Waals surface area (Å²) in [6, 6.07) is 15.5. The topological polar surface area (TPSA) is 58.3 Å². The standard InChI is InChI=1S/C26H33N5O/c1-2-6-21(7-3-1)19-30-16-12-24(13-17-30)31-15-5-8-22(20-31)10-11-25-28-26(32-29-25)23-9-4-14-27-18-23/h1-4,6-7,9,14,18,22,24H,5,8,10-13,15-17,19-20H2. The summed E-state index contributed by atoms with van der Waals surface area (Å²) in [4.78, 5) is 14.1. The Bertz CT molecular complexity index is 953. The van der Waals surface area contributed by atoms with Gasteiger partial charge in [0.1, 0.15) is 0 Å². The van der Waals surface area contributed by atoms with Gasteiger partial charge in [0.25, 0.3) is 5.89 Å². The van der Waals surface area contributed by atoms with Crippen LogP contribution in [0.5, 0.6) is 0 Å². The van der Waals surface area contributed by atoms with Crippen LogP contribution >= 0.6 is 0 Å². The SMILES string of the molecule is c1ccc(CN2CCC(N3CCCC(CCc4noc(-c5cccnc5)n4)C3)CC2)cc1. The normalized spacial score (nSPS) is 21.1. The lowest BCUT2D eigenvalue weighted by atomic mass is 9.90. The number of aryl methyl sites for hydroxylation is 1. The van der Waals surface area contributed by atoms with Crippen molar-refractivity contribution >= 4 is 0 Å². The summed E-state index contributed by atoms with van der Waals surface area (Å²) < 4.78 is 5.44. The Balaban J connectivity index is 1.08. The maximum absolute atomic E-state index is 5.44. The molecule has 6 nitrogen and oxygen atoms in total. The minimum atomic E-state index is 0.570. The number of pyridine rings is 1. The highest BCUT2D eigenvalue weighted by atomic mass is 16.5. The van der Waals surface area contributed by atoms with Gasteiger partial charge in [-0.1, -0.05) is 35.5 Å². The fraction of sp³-hybridized carbons (Fsp3) is 0.500. The molecule has 6 heteroatoms. The van der Waals surface area contributed by atoms with Gasteiger partial charge in [-0.25, -0.2) is 0 Å². The van der Waals surface area contributed by atoms with Gasteiger partial charge in [0.05, 0.1) is 5.56 Å². The molecule has 0 N–H and O–H groups in total. The van der Waals surface area contributed by atoms with E-state index in [1.54, 1.807) is 12.4 Å². The molecule has 168 valence electrons. The fourth-order valence-corrected chi connectivity index (χ4v) is 5.24. The van der Waals surface area contributed by atoms with Crippen LogP contribution in [0.25, 0.3) is 11.5 Å². The molecule has 5 rings (SSSR count). The molecule has 2 saturated heterocycles. The first-order valence-corrected chi connectivity index (χ1v) is 12.1. The van der Waals surface area contributed by atoms with E-state index in [1.807, 2.05) is 12.1 Å². The smallest absolute Gasteiger partial charge is 0.259 e. The Hall–Kier alpha value is -2.57. The highest BCUT2D eigenvalue weighted by molar-refractivity contribution is 5.50. The number of rotatable bonds is 7. The molecule has 0 spiro atoms. The maximum atomic E-state index is 5.44. The van der Waals surface area contributed by atoms with E-state index in [0.717, 1.165) is 42.7 Å². The van der Waals surface area contributed by atoms with Crippen molar-refractivity contribution in [2.75, 3.05) is 26.2 Å². The monoisotopic (exact) mass is 431 g/mol. The van der Waals surface area contributed by atoms with Gasteiger partial charge in [-0.05, 0) is 75.4 Å². The van der Waals surface area contributed by atoms with Crippen LogP contribution < -0.4 is 0 Å². The van der Waals surface area contributed by atoms with Gasteiger partial charge >= 0.3 is 0 Å². The second-order valence-electron chi connectivity index (χ2n) is 9.29. The van der Waals surface area contributed by atoms with Gasteiger partial charge in [0, 0.05) is 37.9 Å². The van der Waals surface area contributed by atoms with E-state index in [9.17, 15) is 0 Å². The molecule has 0 amide bonds. The molecule has 0 aliphatic carbocycles. The van der Waals surface area contributed by atoms with Crippen LogP contribution in [0, 0.1) is 5.92 Å². The van der Waals surface area contributed by atoms with Crippen molar-refractivity contribution < 1.29 is 4.52 Å². The number of aromatic nitrogens is 3. The summed E-state index contributed by atoms with van der Waals surface area (Å²) in [6.07, 6.45) is 10.7. The van der Waals surface area contributed by atoms with E-state index < -0.39 is 0 Å². The quantitative estimate of drug-likeness (QED) is 0.551. The predicted molar refractivity (Wildman–Crippen MR) is 125 cm³/mol. The third kappa shape index (κ3) is 5.43. The summed E-state index contributed by atoms with van der Waals surface area (Å²) in [5.41, 5.74) is 2.31. The van der Waals surface area contributed by atoms with Crippen molar-refractivity contribution in [3.63, 3.8) is 0 Å². The molecule has 2 aliphatic heterocycles. The Labute approximate surface area is 190 Å². The lowest BCUT2D eigenvalue weighted by molar-refractivity contribution is 0.0673. The van der Waals surface area contributed by atoms with Crippen molar-refractivity contribution in [2.24, 2.45) is 5.92 Å². The van der Waals surface area contributed by atoms with Crippen LogP contribution in [0.15, 0.2) is 59.4 Å². The molecule has 0 radical (unpaired) electrons. The van der Waals surface area contributed by atoms with Gasteiger partial charge in [-0.2, -0.15) is 4.98 Å². The van der Waals surface area contributed by atoms with Crippen LogP contribution in [0.1, 0.15) is 43.5 Å². The lowest BCUT2D eigenvalue weighted by Gasteiger charge is -2.42. The summed E-state index contributed by atoms with van der Waals surface area (Å²) in [5, 5.41) is 4.20. The van der Waals surface area contributed by atoms with Gasteiger partial charge in [-0.3, -0.25) is 9.88 Å². The molecule has 2 aliphatic rings. The Morgan fingerprint density at radius 2 is 1.84 bits per heavy atom. The predicted octanol–water partition coefficient (Wildman–Crippen LogP) is 4.44. The minimum Gasteiger partial charge on any atom is -0.334 e. The third-order valence-corrected chi connectivity index (χ3v) is 7.03. The van der Waals surface area contributed by atoms with E-state index in [-0.39, 0.29) is 0 Å². The van der Waals surface area contributed by atoms with Crippen molar-refractivity contribution in [2.45, 2.75) is 51.1 Å². The zero-order chi connectivity index (χ0) is 21.6. The van der Waals surface area contributed by atoms with Gasteiger partial charge in [0.15, 0.2) is 5.82 Å². The minimum absolute atomic E-state index is 0.570. The highest BCUT2D eigenvalue weighted by Gasteiger charge is 2.29. The second-order valence-corrected chi connectivity index (χ2v) is 9.29. The Kier molecular flexibility index (Phi) is 6.89. The van der Waals surface area contributed by atoms with E-state index >= 15 is 0 Å². The molecule has 1 unspecified atom stereocenters. The number of hydrogen-bond acceptors (Lipinski definition) is 6. The van der Waals surface area contributed by atoms with Crippen LogP contribution in [0.3, 0.4) is 0 Å². The first kappa shape index (κ1) is 21.3. The number of nitrogens with zero attached hydrogens (tertiary/aromatic N) is 5. The molecule has 1 atom stereocenters. The van der Waals surface area contributed by atoms with Gasteiger partial charge < -0.3 is 9.42 Å². The van der Waals surface area contributed by atoms with Crippen molar-refractivity contribution in [3.8, 4) is 11.5 Å². The molecule has 2 aromatic heterocycles.